The number of nitrogens with two attached hydrogens (primary N) is 1. The Labute approximate surface area is 84.6 Å². The number of halogens is 1. The Morgan fingerprint density at radius 3 is 3.08 bits per heavy atom. The van der Waals surface area contributed by atoms with Gasteiger partial charge in [0, 0.05) is 4.90 Å². The number of hydrogen-bond acceptors (Lipinski definition) is 3. The zero-order chi connectivity index (χ0) is 9.42. The van der Waals surface area contributed by atoms with Gasteiger partial charge in [-0.25, -0.2) is 0 Å². The molecule has 0 saturated heterocycles. The molecule has 3 nitrogen and oxygen atoms in total. The average molecular weight is 215 g/mol. The summed E-state index contributed by atoms with van der Waals surface area (Å²) in [5.74, 6) is 0.437. The maximum absolute atomic E-state index is 11.0. The van der Waals surface area contributed by atoms with E-state index in [4.69, 9.17) is 17.3 Å². The highest BCUT2D eigenvalue weighted by molar-refractivity contribution is 8.00. The van der Waals surface area contributed by atoms with Crippen LogP contribution in [0.1, 0.15) is 0 Å². The first-order chi connectivity index (χ1) is 6.16. The molecule has 0 fully saturated rings. The topological polar surface area (TPSA) is 55.1 Å². The van der Waals surface area contributed by atoms with Crippen LogP contribution in [0.2, 0.25) is 5.02 Å². The van der Waals surface area contributed by atoms with Crippen LogP contribution in [0.25, 0.3) is 0 Å². The minimum absolute atomic E-state index is 0.000720. The van der Waals surface area contributed by atoms with Crippen LogP contribution in [0.5, 0.6) is 0 Å². The van der Waals surface area contributed by atoms with Crippen molar-refractivity contribution in [2.45, 2.75) is 4.90 Å². The highest BCUT2D eigenvalue weighted by atomic mass is 35.5. The molecule has 1 aromatic rings. The van der Waals surface area contributed by atoms with Crippen LogP contribution in [-0.2, 0) is 4.79 Å². The molecular formula is C8H7ClN2OS. The van der Waals surface area contributed by atoms with E-state index in [0.717, 1.165) is 10.6 Å². The number of nitrogens with one attached hydrogen (secondary N) is 1. The van der Waals surface area contributed by atoms with Gasteiger partial charge in [-0.3, -0.25) is 4.79 Å². The van der Waals surface area contributed by atoms with Crippen molar-refractivity contribution in [3.05, 3.63) is 17.2 Å². The van der Waals surface area contributed by atoms with E-state index in [9.17, 15) is 4.79 Å². The lowest BCUT2D eigenvalue weighted by Crippen LogP contribution is -2.18. The molecule has 1 heterocycles. The second-order valence-electron chi connectivity index (χ2n) is 2.71. The molecule has 2 rings (SSSR count). The fourth-order valence-corrected chi connectivity index (χ4v) is 2.17. The van der Waals surface area contributed by atoms with Crippen LogP contribution in [0.15, 0.2) is 17.0 Å². The fourth-order valence-electron chi connectivity index (χ4n) is 1.12. The summed E-state index contributed by atoms with van der Waals surface area (Å²) in [6.45, 7) is 0. The molecule has 5 heteroatoms. The van der Waals surface area contributed by atoms with E-state index in [1.54, 1.807) is 12.1 Å². The number of hydrogen-bond donors (Lipinski definition) is 2. The van der Waals surface area contributed by atoms with Crippen molar-refractivity contribution >= 4 is 40.6 Å². The summed E-state index contributed by atoms with van der Waals surface area (Å²) in [5, 5.41) is 3.26. The Morgan fingerprint density at radius 2 is 2.31 bits per heavy atom. The minimum Gasteiger partial charge on any atom is -0.397 e. The maximum atomic E-state index is 11.0. The molecule has 1 aliphatic rings. The lowest BCUT2D eigenvalue weighted by Gasteiger charge is -2.16. The largest absolute Gasteiger partial charge is 0.397 e. The van der Waals surface area contributed by atoms with Gasteiger partial charge < -0.3 is 11.1 Å². The maximum Gasteiger partial charge on any atom is 0.234 e. The summed E-state index contributed by atoms with van der Waals surface area (Å²) in [6, 6.07) is 3.46. The molecule has 68 valence electrons. The van der Waals surface area contributed by atoms with Crippen LogP contribution in [-0.4, -0.2) is 11.7 Å². The number of benzene rings is 1. The quantitative estimate of drug-likeness (QED) is 0.650. The fraction of sp³-hybridized carbons (Fsp3) is 0.125. The summed E-state index contributed by atoms with van der Waals surface area (Å²) in [6.07, 6.45) is 0. The number of amides is 1. The second kappa shape index (κ2) is 3.12. The molecule has 0 atom stereocenters. The van der Waals surface area contributed by atoms with E-state index in [0.29, 0.717) is 16.5 Å². The van der Waals surface area contributed by atoms with Gasteiger partial charge in [0.05, 0.1) is 22.2 Å². The average Bonchev–Trinajstić information content (AvgIpc) is 2.08. The molecule has 0 saturated carbocycles. The molecule has 0 aliphatic carbocycles. The molecule has 0 bridgehead atoms. The summed E-state index contributed by atoms with van der Waals surface area (Å²) < 4.78 is 0. The smallest absolute Gasteiger partial charge is 0.234 e. The zero-order valence-electron chi connectivity index (χ0n) is 6.63. The summed E-state index contributed by atoms with van der Waals surface area (Å²) in [5.41, 5.74) is 6.84. The molecule has 13 heavy (non-hydrogen) atoms. The van der Waals surface area contributed by atoms with Crippen LogP contribution in [0.4, 0.5) is 11.4 Å². The standard InChI is InChI=1S/C8H7ClN2OS/c9-4-1-7-6(2-5(4)10)11-8(12)3-13-7/h1-2H,3,10H2,(H,11,12). The Kier molecular flexibility index (Phi) is 2.09. The number of thioether (sulfide) groups is 1. The molecule has 1 aliphatic heterocycles. The predicted octanol–water partition coefficient (Wildman–Crippen LogP) is 1.97. The van der Waals surface area contributed by atoms with E-state index in [1.807, 2.05) is 0 Å². The van der Waals surface area contributed by atoms with E-state index in [1.165, 1.54) is 11.8 Å². The molecule has 3 N–H and O–H groups in total. The first kappa shape index (κ1) is 8.72. The van der Waals surface area contributed by atoms with Crippen molar-refractivity contribution in [3.63, 3.8) is 0 Å². The highest BCUT2D eigenvalue weighted by Crippen LogP contribution is 2.36. The van der Waals surface area contributed by atoms with Crippen molar-refractivity contribution in [3.8, 4) is 0 Å². The van der Waals surface area contributed by atoms with Gasteiger partial charge in [0.15, 0.2) is 0 Å². The number of anilines is 2. The van der Waals surface area contributed by atoms with Crippen LogP contribution in [0.3, 0.4) is 0 Å². The third-order valence-electron chi connectivity index (χ3n) is 1.73. The van der Waals surface area contributed by atoms with Crippen LogP contribution in [0, 0.1) is 0 Å². The molecule has 0 aromatic heterocycles. The van der Waals surface area contributed by atoms with Crippen molar-refractivity contribution in [1.29, 1.82) is 0 Å². The zero-order valence-corrected chi connectivity index (χ0v) is 8.21. The first-order valence-electron chi connectivity index (χ1n) is 3.68. The summed E-state index contributed by atoms with van der Waals surface area (Å²) >= 11 is 7.30. The van der Waals surface area contributed by atoms with E-state index in [-0.39, 0.29) is 5.91 Å². The number of carbonyl (C=O) groups is 1. The molecule has 0 unspecified atom stereocenters. The van der Waals surface area contributed by atoms with Gasteiger partial charge >= 0.3 is 0 Å². The molecule has 1 aromatic carbocycles. The number of carbonyl (C=O) groups excluding carboxylic acids is 1. The van der Waals surface area contributed by atoms with Crippen molar-refractivity contribution in [1.82, 2.24) is 0 Å². The van der Waals surface area contributed by atoms with Gasteiger partial charge in [0.1, 0.15) is 0 Å². The molecule has 0 spiro atoms. The Balaban J connectivity index is 2.49. The number of nitrogen functional groups attached to an aromatic ring is 1. The third kappa shape index (κ3) is 1.59. The number of fused-ring (bicyclic) bond motifs is 1. The van der Waals surface area contributed by atoms with Crippen molar-refractivity contribution < 1.29 is 4.79 Å². The van der Waals surface area contributed by atoms with Gasteiger partial charge in [-0.1, -0.05) is 11.6 Å². The Bertz CT molecular complexity index is 381. The highest BCUT2D eigenvalue weighted by Gasteiger charge is 2.16. The predicted molar refractivity (Wildman–Crippen MR) is 55.2 cm³/mol. The van der Waals surface area contributed by atoms with Gasteiger partial charge in [-0.05, 0) is 12.1 Å². The monoisotopic (exact) mass is 214 g/mol. The van der Waals surface area contributed by atoms with Gasteiger partial charge in [-0.2, -0.15) is 0 Å². The first-order valence-corrected chi connectivity index (χ1v) is 5.05. The lowest BCUT2D eigenvalue weighted by atomic mass is 10.2. The summed E-state index contributed by atoms with van der Waals surface area (Å²) in [4.78, 5) is 12.0. The van der Waals surface area contributed by atoms with Crippen molar-refractivity contribution in [2.75, 3.05) is 16.8 Å². The molecular weight excluding hydrogens is 208 g/mol. The second-order valence-corrected chi connectivity index (χ2v) is 4.13. The summed E-state index contributed by atoms with van der Waals surface area (Å²) in [7, 11) is 0. The molecule has 1 amide bonds. The van der Waals surface area contributed by atoms with Gasteiger partial charge in [0.2, 0.25) is 5.91 Å². The van der Waals surface area contributed by atoms with E-state index < -0.39 is 0 Å². The van der Waals surface area contributed by atoms with Crippen LogP contribution >= 0.6 is 23.4 Å². The minimum atomic E-state index is -0.000720. The molecule has 0 radical (unpaired) electrons. The Morgan fingerprint density at radius 1 is 1.54 bits per heavy atom. The normalized spacial score (nSPS) is 15.0. The number of rotatable bonds is 0. The van der Waals surface area contributed by atoms with E-state index >= 15 is 0 Å². The third-order valence-corrected chi connectivity index (χ3v) is 3.11. The Hall–Kier alpha value is -0.870. The van der Waals surface area contributed by atoms with Gasteiger partial charge in [-0.15, -0.1) is 11.8 Å². The van der Waals surface area contributed by atoms with E-state index in [2.05, 4.69) is 5.32 Å². The van der Waals surface area contributed by atoms with Gasteiger partial charge in [0.25, 0.3) is 0 Å². The van der Waals surface area contributed by atoms with Crippen molar-refractivity contribution in [2.24, 2.45) is 0 Å². The van der Waals surface area contributed by atoms with Crippen LogP contribution < -0.4 is 11.1 Å². The SMILES string of the molecule is Nc1cc2c(cc1Cl)SCC(=O)N2. The lowest BCUT2D eigenvalue weighted by molar-refractivity contribution is -0.113.